The maximum atomic E-state index is 13.0. The Balaban J connectivity index is 1.51. The second kappa shape index (κ2) is 8.58. The van der Waals surface area contributed by atoms with Crippen LogP contribution in [0.1, 0.15) is 21.6 Å². The van der Waals surface area contributed by atoms with Gasteiger partial charge in [-0.15, -0.1) is 0 Å². The van der Waals surface area contributed by atoms with E-state index in [0.29, 0.717) is 22.9 Å². The van der Waals surface area contributed by atoms with Crippen LogP contribution in [0.4, 0.5) is 18.9 Å². The molecule has 1 aromatic carbocycles. The van der Waals surface area contributed by atoms with Crippen molar-refractivity contribution >= 4 is 40.3 Å². The summed E-state index contributed by atoms with van der Waals surface area (Å²) in [6, 6.07) is 7.55. The number of rotatable bonds is 5. The highest BCUT2D eigenvalue weighted by Crippen LogP contribution is 2.36. The summed E-state index contributed by atoms with van der Waals surface area (Å²) in [4.78, 5) is 29.1. The number of halogens is 4. The Labute approximate surface area is 188 Å². The zero-order chi connectivity index (χ0) is 23.8. The van der Waals surface area contributed by atoms with Crippen LogP contribution in [0.5, 0.6) is 0 Å². The van der Waals surface area contributed by atoms with Crippen LogP contribution in [0.25, 0.3) is 22.6 Å². The molecule has 8 nitrogen and oxygen atoms in total. The van der Waals surface area contributed by atoms with Gasteiger partial charge in [0.25, 0.3) is 11.6 Å². The summed E-state index contributed by atoms with van der Waals surface area (Å²) in [5, 5.41) is 5.81. The van der Waals surface area contributed by atoms with Gasteiger partial charge in [-0.05, 0) is 43.3 Å². The molecule has 1 amide bonds. The smallest absolute Gasteiger partial charge is 0.417 e. The number of pyridine rings is 1. The van der Waals surface area contributed by atoms with Crippen molar-refractivity contribution in [2.24, 2.45) is 0 Å². The molecule has 3 aromatic heterocycles. The molecule has 0 fully saturated rings. The molecule has 0 atom stereocenters. The average molecular weight is 480 g/mol. The number of nitrogens with zero attached hydrogens (tertiary/aromatic N) is 2. The summed E-state index contributed by atoms with van der Waals surface area (Å²) >= 11 is 5.56. The van der Waals surface area contributed by atoms with E-state index in [-0.39, 0.29) is 22.7 Å². The van der Waals surface area contributed by atoms with Crippen molar-refractivity contribution in [3.63, 3.8) is 0 Å². The van der Waals surface area contributed by atoms with Crippen molar-refractivity contribution in [2.45, 2.75) is 13.1 Å². The summed E-state index contributed by atoms with van der Waals surface area (Å²) in [7, 11) is 0. The molecule has 170 valence electrons. The Morgan fingerprint density at radius 2 is 2.00 bits per heavy atom. The molecule has 0 radical (unpaired) electrons. The third kappa shape index (κ3) is 4.67. The molecule has 0 aliphatic carbocycles. The Morgan fingerprint density at radius 3 is 2.70 bits per heavy atom. The van der Waals surface area contributed by atoms with Crippen LogP contribution in [0.3, 0.4) is 0 Å². The van der Waals surface area contributed by atoms with Crippen molar-refractivity contribution in [1.29, 1.82) is 0 Å². The molecule has 0 bridgehead atoms. The number of fused-ring (bicyclic) bond motifs is 1. The van der Waals surface area contributed by atoms with Crippen molar-refractivity contribution < 1.29 is 36.4 Å². The number of hydrogen-bond donors (Lipinski definition) is 1. The van der Waals surface area contributed by atoms with Crippen LogP contribution < -0.4 is 5.32 Å². The van der Waals surface area contributed by atoms with E-state index in [1.54, 1.807) is 19.1 Å². The molecule has 4 rings (SSSR count). The Kier molecular flexibility index (Phi) is 5.81. The SMILES string of the molecule is Cc1noc2nc(-c3ccco3)cc(C(=O)OCC(=O)Nc3ccc(Cl)c(C(F)(F)F)c3)c12. The number of anilines is 1. The van der Waals surface area contributed by atoms with Gasteiger partial charge in [0.2, 0.25) is 0 Å². The lowest BCUT2D eigenvalue weighted by Crippen LogP contribution is -2.21. The molecule has 33 heavy (non-hydrogen) atoms. The van der Waals surface area contributed by atoms with Crippen LogP contribution in [0, 0.1) is 6.92 Å². The molecular formula is C21H13ClF3N3O5. The van der Waals surface area contributed by atoms with E-state index in [1.807, 2.05) is 0 Å². The average Bonchev–Trinajstić information content (AvgIpc) is 3.42. The number of furan rings is 1. The molecule has 0 spiro atoms. The van der Waals surface area contributed by atoms with E-state index in [0.717, 1.165) is 6.07 Å². The van der Waals surface area contributed by atoms with Gasteiger partial charge in [-0.2, -0.15) is 13.2 Å². The van der Waals surface area contributed by atoms with Gasteiger partial charge < -0.3 is 19.0 Å². The van der Waals surface area contributed by atoms with Gasteiger partial charge in [0, 0.05) is 5.69 Å². The van der Waals surface area contributed by atoms with Gasteiger partial charge in [-0.25, -0.2) is 9.78 Å². The van der Waals surface area contributed by atoms with Gasteiger partial charge >= 0.3 is 12.1 Å². The van der Waals surface area contributed by atoms with E-state index in [4.69, 9.17) is 25.3 Å². The second-order valence-electron chi connectivity index (χ2n) is 6.80. The number of alkyl halides is 3. The summed E-state index contributed by atoms with van der Waals surface area (Å²) in [6.07, 6.45) is -3.27. The number of ether oxygens (including phenoxy) is 1. The lowest BCUT2D eigenvalue weighted by molar-refractivity contribution is -0.137. The maximum absolute atomic E-state index is 13.0. The first-order valence-corrected chi connectivity index (χ1v) is 9.66. The van der Waals surface area contributed by atoms with Crippen molar-refractivity contribution in [1.82, 2.24) is 10.1 Å². The number of aryl methyl sites for hydroxylation is 1. The fourth-order valence-corrected chi connectivity index (χ4v) is 3.26. The third-order valence-corrected chi connectivity index (χ3v) is 4.83. The molecule has 3 heterocycles. The second-order valence-corrected chi connectivity index (χ2v) is 7.20. The van der Waals surface area contributed by atoms with Gasteiger partial charge in [-0.3, -0.25) is 4.79 Å². The normalized spacial score (nSPS) is 11.5. The number of nitrogens with one attached hydrogen (secondary N) is 1. The minimum atomic E-state index is -4.70. The third-order valence-electron chi connectivity index (χ3n) is 4.50. The standard InChI is InChI=1S/C21H13ClF3N3O5/c1-10-18-12(8-15(16-3-2-6-31-16)27-19(18)33-28-10)20(30)32-9-17(29)26-11-4-5-14(22)13(7-11)21(23,24)25/h2-8H,9H2,1H3,(H,26,29). The molecule has 4 aromatic rings. The zero-order valence-electron chi connectivity index (χ0n) is 16.7. The molecule has 0 saturated carbocycles. The summed E-state index contributed by atoms with van der Waals surface area (Å²) in [5.41, 5.74) is -0.510. The number of aromatic nitrogens is 2. The molecule has 0 aliphatic heterocycles. The molecule has 1 N–H and O–H groups in total. The Hall–Kier alpha value is -3.86. The van der Waals surface area contributed by atoms with E-state index in [1.165, 1.54) is 18.4 Å². The summed E-state index contributed by atoms with van der Waals surface area (Å²) < 4.78 is 54.4. The lowest BCUT2D eigenvalue weighted by atomic mass is 10.1. The lowest BCUT2D eigenvalue weighted by Gasteiger charge is -2.12. The number of amides is 1. The van der Waals surface area contributed by atoms with E-state index in [2.05, 4.69) is 15.5 Å². The Morgan fingerprint density at radius 1 is 1.21 bits per heavy atom. The summed E-state index contributed by atoms with van der Waals surface area (Å²) in [5.74, 6) is -1.37. The van der Waals surface area contributed by atoms with Gasteiger partial charge in [0.05, 0.1) is 33.5 Å². The highest BCUT2D eigenvalue weighted by Gasteiger charge is 2.33. The number of carbonyl (C=O) groups excluding carboxylic acids is 2. The zero-order valence-corrected chi connectivity index (χ0v) is 17.5. The van der Waals surface area contributed by atoms with Crippen LogP contribution in [-0.4, -0.2) is 28.6 Å². The molecule has 12 heteroatoms. The quantitative estimate of drug-likeness (QED) is 0.389. The number of esters is 1. The molecular weight excluding hydrogens is 467 g/mol. The number of carbonyl (C=O) groups is 2. The first-order valence-electron chi connectivity index (χ1n) is 9.28. The monoisotopic (exact) mass is 479 g/mol. The number of hydrogen-bond acceptors (Lipinski definition) is 7. The van der Waals surface area contributed by atoms with Crippen LogP contribution >= 0.6 is 11.6 Å². The highest BCUT2D eigenvalue weighted by molar-refractivity contribution is 6.31. The minimum Gasteiger partial charge on any atom is -0.463 e. The van der Waals surface area contributed by atoms with Crippen LogP contribution in [-0.2, 0) is 15.7 Å². The first kappa shape index (κ1) is 22.3. The van der Waals surface area contributed by atoms with Crippen LogP contribution in [0.15, 0.2) is 51.6 Å². The van der Waals surface area contributed by atoms with E-state index in [9.17, 15) is 22.8 Å². The molecule has 0 aliphatic rings. The fourth-order valence-electron chi connectivity index (χ4n) is 3.03. The minimum absolute atomic E-state index is 0.0313. The topological polar surface area (TPSA) is 107 Å². The van der Waals surface area contributed by atoms with Crippen molar-refractivity contribution in [3.05, 3.63) is 64.5 Å². The first-order chi connectivity index (χ1) is 15.6. The molecule has 0 saturated heterocycles. The van der Waals surface area contributed by atoms with Gasteiger partial charge in [-0.1, -0.05) is 16.8 Å². The van der Waals surface area contributed by atoms with Gasteiger partial charge in [0.1, 0.15) is 5.69 Å². The Bertz CT molecular complexity index is 1350. The van der Waals surface area contributed by atoms with Crippen LogP contribution in [0.2, 0.25) is 5.02 Å². The number of benzene rings is 1. The fraction of sp³-hybridized carbons (Fsp3) is 0.143. The predicted molar refractivity (Wildman–Crippen MR) is 110 cm³/mol. The van der Waals surface area contributed by atoms with Crippen molar-refractivity contribution in [3.8, 4) is 11.5 Å². The van der Waals surface area contributed by atoms with Crippen molar-refractivity contribution in [2.75, 3.05) is 11.9 Å². The predicted octanol–water partition coefficient (Wildman–Crippen LogP) is 5.26. The largest absolute Gasteiger partial charge is 0.463 e. The maximum Gasteiger partial charge on any atom is 0.417 e. The van der Waals surface area contributed by atoms with E-state index < -0.39 is 35.2 Å². The van der Waals surface area contributed by atoms with E-state index >= 15 is 0 Å². The highest BCUT2D eigenvalue weighted by atomic mass is 35.5. The molecule has 0 unspecified atom stereocenters. The van der Waals surface area contributed by atoms with Gasteiger partial charge in [0.15, 0.2) is 12.4 Å². The summed E-state index contributed by atoms with van der Waals surface area (Å²) in [6.45, 7) is 0.843.